The number of carbonyl (C=O) groups is 2. The van der Waals surface area contributed by atoms with Gasteiger partial charge in [-0.05, 0) is 44.9 Å². The summed E-state index contributed by atoms with van der Waals surface area (Å²) < 4.78 is 0. The van der Waals surface area contributed by atoms with Gasteiger partial charge in [0, 0.05) is 24.2 Å². The molecule has 0 bridgehead atoms. The van der Waals surface area contributed by atoms with Crippen LogP contribution >= 0.6 is 0 Å². The molecule has 0 spiro atoms. The Labute approximate surface area is 119 Å². The fraction of sp³-hybridized carbons (Fsp3) is 0.400. The maximum atomic E-state index is 11.8. The molecule has 0 aliphatic rings. The Morgan fingerprint density at radius 3 is 2.40 bits per heavy atom. The molecule has 20 heavy (non-hydrogen) atoms. The van der Waals surface area contributed by atoms with Gasteiger partial charge >= 0.3 is 0 Å². The highest BCUT2D eigenvalue weighted by molar-refractivity contribution is 5.94. The molecular formula is C15H21N3O2. The van der Waals surface area contributed by atoms with E-state index in [1.807, 2.05) is 32.0 Å². The zero-order chi connectivity index (χ0) is 15.1. The van der Waals surface area contributed by atoms with Gasteiger partial charge in [0.25, 0.3) is 0 Å². The van der Waals surface area contributed by atoms with E-state index < -0.39 is 0 Å². The van der Waals surface area contributed by atoms with Crippen molar-refractivity contribution in [3.05, 3.63) is 29.3 Å². The first-order valence-electron chi connectivity index (χ1n) is 6.55. The zero-order valence-corrected chi connectivity index (χ0v) is 12.4. The van der Waals surface area contributed by atoms with E-state index in [1.54, 1.807) is 13.8 Å². The Balaban J connectivity index is 2.46. The summed E-state index contributed by atoms with van der Waals surface area (Å²) in [5.74, 6) is -0.437. The monoisotopic (exact) mass is 275 g/mol. The minimum Gasteiger partial charge on any atom is -0.326 e. The van der Waals surface area contributed by atoms with Crippen molar-refractivity contribution in [1.82, 2.24) is 5.43 Å². The Hall–Kier alpha value is -2.17. The van der Waals surface area contributed by atoms with E-state index in [4.69, 9.17) is 0 Å². The van der Waals surface area contributed by atoms with Gasteiger partial charge < -0.3 is 5.32 Å². The lowest BCUT2D eigenvalue weighted by Gasteiger charge is -2.09. The van der Waals surface area contributed by atoms with Gasteiger partial charge in [0.05, 0.1) is 0 Å². The van der Waals surface area contributed by atoms with Crippen LogP contribution in [0, 0.1) is 13.8 Å². The average molecular weight is 275 g/mol. The van der Waals surface area contributed by atoms with E-state index in [9.17, 15) is 9.59 Å². The number of hydrazone groups is 1. The summed E-state index contributed by atoms with van der Waals surface area (Å²) in [6.45, 7) is 7.47. The number of carbonyl (C=O) groups excluding carboxylic acids is 2. The molecular weight excluding hydrogens is 254 g/mol. The van der Waals surface area contributed by atoms with Gasteiger partial charge in [-0.15, -0.1) is 0 Å². The Bertz CT molecular complexity index is 532. The van der Waals surface area contributed by atoms with E-state index in [2.05, 4.69) is 15.8 Å². The summed E-state index contributed by atoms with van der Waals surface area (Å²) in [4.78, 5) is 23.2. The molecule has 0 heterocycles. The predicted molar refractivity (Wildman–Crippen MR) is 80.7 cm³/mol. The largest absolute Gasteiger partial charge is 0.326 e. The van der Waals surface area contributed by atoms with E-state index >= 15 is 0 Å². The number of benzene rings is 1. The van der Waals surface area contributed by atoms with Gasteiger partial charge in [0.1, 0.15) is 0 Å². The van der Waals surface area contributed by atoms with Gasteiger partial charge in [-0.1, -0.05) is 12.1 Å². The molecule has 0 saturated heterocycles. The molecule has 2 N–H and O–H groups in total. The molecule has 5 heteroatoms. The second-order valence-corrected chi connectivity index (χ2v) is 4.96. The fourth-order valence-corrected chi connectivity index (χ4v) is 1.54. The maximum Gasteiger partial charge on any atom is 0.240 e. The summed E-state index contributed by atoms with van der Waals surface area (Å²) in [5, 5.41) is 6.61. The molecule has 5 nitrogen and oxygen atoms in total. The molecule has 0 saturated carbocycles. The first-order valence-corrected chi connectivity index (χ1v) is 6.55. The number of nitrogens with zero attached hydrogens (tertiary/aromatic N) is 1. The predicted octanol–water partition coefficient (Wildman–Crippen LogP) is 2.53. The SMILES string of the molecule is CC(C)=NNC(=O)CCC(=O)Nc1cc(C)ccc1C. The third-order valence-corrected chi connectivity index (χ3v) is 2.65. The van der Waals surface area contributed by atoms with Gasteiger partial charge in [0.15, 0.2) is 0 Å². The molecule has 1 aromatic carbocycles. The normalized spacial score (nSPS) is 9.80. The molecule has 108 valence electrons. The number of hydrogen-bond donors (Lipinski definition) is 2. The number of nitrogens with one attached hydrogen (secondary N) is 2. The minimum absolute atomic E-state index is 0.119. The van der Waals surface area contributed by atoms with Crippen molar-refractivity contribution in [1.29, 1.82) is 0 Å². The molecule has 0 aliphatic carbocycles. The van der Waals surface area contributed by atoms with Crippen molar-refractivity contribution in [3.8, 4) is 0 Å². The Morgan fingerprint density at radius 1 is 1.10 bits per heavy atom. The minimum atomic E-state index is -0.262. The molecule has 0 aromatic heterocycles. The van der Waals surface area contributed by atoms with Crippen molar-refractivity contribution in [2.75, 3.05) is 5.32 Å². The number of hydrogen-bond acceptors (Lipinski definition) is 3. The average Bonchev–Trinajstić information content (AvgIpc) is 2.38. The first kappa shape index (κ1) is 15.9. The van der Waals surface area contributed by atoms with Gasteiger partial charge in [-0.3, -0.25) is 9.59 Å². The van der Waals surface area contributed by atoms with Crippen molar-refractivity contribution < 1.29 is 9.59 Å². The highest BCUT2D eigenvalue weighted by Gasteiger charge is 2.08. The second kappa shape index (κ2) is 7.43. The summed E-state index contributed by atoms with van der Waals surface area (Å²) in [6, 6.07) is 5.86. The molecule has 0 unspecified atom stereocenters. The van der Waals surface area contributed by atoms with Crippen LogP contribution in [0.4, 0.5) is 5.69 Å². The number of amides is 2. The summed E-state index contributed by atoms with van der Waals surface area (Å²) in [5.41, 5.74) is 6.02. The van der Waals surface area contributed by atoms with Crippen molar-refractivity contribution in [3.63, 3.8) is 0 Å². The quantitative estimate of drug-likeness (QED) is 0.640. The molecule has 1 aromatic rings. The molecule has 0 aliphatic heterocycles. The van der Waals surface area contributed by atoms with Crippen LogP contribution in [0.3, 0.4) is 0 Å². The Kier molecular flexibility index (Phi) is 5.90. The third-order valence-electron chi connectivity index (χ3n) is 2.65. The van der Waals surface area contributed by atoms with Crippen LogP contribution in [-0.2, 0) is 9.59 Å². The van der Waals surface area contributed by atoms with Gasteiger partial charge in [-0.2, -0.15) is 5.10 Å². The lowest BCUT2D eigenvalue weighted by Crippen LogP contribution is -2.21. The van der Waals surface area contributed by atoms with E-state index in [1.165, 1.54) is 0 Å². The van der Waals surface area contributed by atoms with Gasteiger partial charge in [-0.25, -0.2) is 5.43 Å². The second-order valence-electron chi connectivity index (χ2n) is 4.96. The molecule has 0 fully saturated rings. The molecule has 0 radical (unpaired) electrons. The topological polar surface area (TPSA) is 70.6 Å². The van der Waals surface area contributed by atoms with Crippen LogP contribution < -0.4 is 10.7 Å². The van der Waals surface area contributed by atoms with Crippen LogP contribution in [0.1, 0.15) is 37.8 Å². The van der Waals surface area contributed by atoms with Crippen LogP contribution in [0.25, 0.3) is 0 Å². The van der Waals surface area contributed by atoms with Crippen LogP contribution in [0.15, 0.2) is 23.3 Å². The Morgan fingerprint density at radius 2 is 1.75 bits per heavy atom. The van der Waals surface area contributed by atoms with Crippen LogP contribution in [0.2, 0.25) is 0 Å². The maximum absolute atomic E-state index is 11.8. The van der Waals surface area contributed by atoms with Gasteiger partial charge in [0.2, 0.25) is 11.8 Å². The summed E-state index contributed by atoms with van der Waals surface area (Å²) in [7, 11) is 0. The summed E-state index contributed by atoms with van der Waals surface area (Å²) >= 11 is 0. The zero-order valence-electron chi connectivity index (χ0n) is 12.4. The number of rotatable bonds is 5. The highest BCUT2D eigenvalue weighted by Crippen LogP contribution is 2.16. The highest BCUT2D eigenvalue weighted by atomic mass is 16.2. The van der Waals surface area contributed by atoms with Crippen molar-refractivity contribution in [2.45, 2.75) is 40.5 Å². The lowest BCUT2D eigenvalue weighted by molar-refractivity contribution is -0.124. The van der Waals surface area contributed by atoms with Crippen molar-refractivity contribution >= 4 is 23.2 Å². The number of anilines is 1. The first-order chi connectivity index (χ1) is 9.38. The lowest BCUT2D eigenvalue weighted by atomic mass is 10.1. The van der Waals surface area contributed by atoms with E-state index in [-0.39, 0.29) is 24.7 Å². The van der Waals surface area contributed by atoms with E-state index in [0.29, 0.717) is 0 Å². The molecule has 0 atom stereocenters. The standard InChI is InChI=1S/C15H21N3O2/c1-10(2)17-18-15(20)8-7-14(19)16-13-9-11(3)5-6-12(13)4/h5-6,9H,7-8H2,1-4H3,(H,16,19)(H,18,20). The van der Waals surface area contributed by atoms with Crippen LogP contribution in [0.5, 0.6) is 0 Å². The van der Waals surface area contributed by atoms with Crippen LogP contribution in [-0.4, -0.2) is 17.5 Å². The summed E-state index contributed by atoms with van der Waals surface area (Å²) in [6.07, 6.45) is 0.255. The molecule has 1 rings (SSSR count). The molecule has 2 amide bonds. The third kappa shape index (κ3) is 5.65. The van der Waals surface area contributed by atoms with E-state index in [0.717, 1.165) is 22.5 Å². The number of aryl methyl sites for hydroxylation is 2. The smallest absolute Gasteiger partial charge is 0.240 e. The van der Waals surface area contributed by atoms with Crippen molar-refractivity contribution in [2.24, 2.45) is 5.10 Å². The fourth-order valence-electron chi connectivity index (χ4n) is 1.54.